The molecule has 94 valence electrons. The van der Waals surface area contributed by atoms with Crippen molar-refractivity contribution in [2.24, 2.45) is 0 Å². The van der Waals surface area contributed by atoms with Crippen molar-refractivity contribution in [1.29, 1.82) is 0 Å². The first-order valence-corrected chi connectivity index (χ1v) is 6.08. The third kappa shape index (κ3) is 3.01. The minimum Gasteiger partial charge on any atom is -0.301 e. The Hall–Kier alpha value is -1.00. The van der Waals surface area contributed by atoms with Gasteiger partial charge < -0.3 is 4.90 Å². The van der Waals surface area contributed by atoms with Gasteiger partial charge in [0.2, 0.25) is 0 Å². The molecule has 17 heavy (non-hydrogen) atoms. The van der Waals surface area contributed by atoms with Gasteiger partial charge in [0, 0.05) is 38.3 Å². The molecule has 1 fully saturated rings. The van der Waals surface area contributed by atoms with E-state index >= 15 is 0 Å². The molecule has 4 heteroatoms. The maximum Gasteiger partial charge on any atom is 0.163 e. The highest BCUT2D eigenvalue weighted by molar-refractivity contribution is 5.18. The molecule has 1 aromatic carbocycles. The highest BCUT2D eigenvalue weighted by Crippen LogP contribution is 2.14. The van der Waals surface area contributed by atoms with E-state index < -0.39 is 11.6 Å². The van der Waals surface area contributed by atoms with Gasteiger partial charge in [0.1, 0.15) is 0 Å². The van der Waals surface area contributed by atoms with Gasteiger partial charge in [0.15, 0.2) is 11.6 Å². The highest BCUT2D eigenvalue weighted by Gasteiger charge is 2.17. The fourth-order valence-corrected chi connectivity index (χ4v) is 2.18. The highest BCUT2D eigenvalue weighted by atomic mass is 19.2. The summed E-state index contributed by atoms with van der Waals surface area (Å²) in [6, 6.07) is 4.38. The molecule has 0 atom stereocenters. The van der Waals surface area contributed by atoms with E-state index in [2.05, 4.69) is 16.7 Å². The zero-order valence-corrected chi connectivity index (χ0v) is 10.1. The van der Waals surface area contributed by atoms with E-state index in [9.17, 15) is 8.78 Å². The molecule has 0 spiro atoms. The Morgan fingerprint density at radius 1 is 1.06 bits per heavy atom. The summed E-state index contributed by atoms with van der Waals surface area (Å²) in [5.41, 5.74) is 0.454. The van der Waals surface area contributed by atoms with Gasteiger partial charge in [-0.1, -0.05) is 19.1 Å². The molecule has 1 aliphatic rings. The fraction of sp³-hybridized carbons (Fsp3) is 0.538. The maximum atomic E-state index is 13.5. The number of benzene rings is 1. The van der Waals surface area contributed by atoms with Crippen LogP contribution in [0.3, 0.4) is 0 Å². The molecule has 0 bridgehead atoms. The van der Waals surface area contributed by atoms with Crippen LogP contribution < -0.4 is 0 Å². The Balaban J connectivity index is 1.95. The topological polar surface area (TPSA) is 6.48 Å². The molecular formula is C13H18F2N2. The number of nitrogens with zero attached hydrogens (tertiary/aromatic N) is 2. The molecule has 0 N–H and O–H groups in total. The second-order valence-electron chi connectivity index (χ2n) is 4.42. The van der Waals surface area contributed by atoms with Crippen LogP contribution in [-0.4, -0.2) is 42.5 Å². The zero-order valence-electron chi connectivity index (χ0n) is 10.1. The smallest absolute Gasteiger partial charge is 0.163 e. The van der Waals surface area contributed by atoms with Crippen LogP contribution in [0.5, 0.6) is 0 Å². The first-order valence-electron chi connectivity index (χ1n) is 6.08. The lowest BCUT2D eigenvalue weighted by atomic mass is 10.1. The number of rotatable bonds is 3. The molecular weight excluding hydrogens is 222 g/mol. The lowest BCUT2D eigenvalue weighted by Crippen LogP contribution is -2.45. The van der Waals surface area contributed by atoms with E-state index in [0.717, 1.165) is 38.8 Å². The van der Waals surface area contributed by atoms with E-state index in [0.29, 0.717) is 12.1 Å². The summed E-state index contributed by atoms with van der Waals surface area (Å²) in [5.74, 6) is -1.46. The molecule has 0 aromatic heterocycles. The van der Waals surface area contributed by atoms with Gasteiger partial charge in [0.05, 0.1) is 0 Å². The summed E-state index contributed by atoms with van der Waals surface area (Å²) in [6.45, 7) is 7.56. The molecule has 1 heterocycles. The predicted octanol–water partition coefficient (Wildman–Crippen LogP) is 2.10. The van der Waals surface area contributed by atoms with Gasteiger partial charge in [-0.15, -0.1) is 0 Å². The van der Waals surface area contributed by atoms with E-state index in [1.54, 1.807) is 12.1 Å². The zero-order chi connectivity index (χ0) is 12.3. The summed E-state index contributed by atoms with van der Waals surface area (Å²) in [6.07, 6.45) is 0. The van der Waals surface area contributed by atoms with Gasteiger partial charge in [0.25, 0.3) is 0 Å². The Morgan fingerprint density at radius 3 is 2.35 bits per heavy atom. The molecule has 1 aliphatic heterocycles. The normalized spacial score (nSPS) is 18.5. The van der Waals surface area contributed by atoms with Crippen molar-refractivity contribution in [3.8, 4) is 0 Å². The van der Waals surface area contributed by atoms with Gasteiger partial charge in [-0.3, -0.25) is 4.90 Å². The lowest BCUT2D eigenvalue weighted by molar-refractivity contribution is 0.130. The Bertz CT molecular complexity index is 374. The maximum absolute atomic E-state index is 13.5. The standard InChI is InChI=1S/C13H18F2N2/c1-2-16-6-8-17(9-7-16)10-11-4-3-5-12(14)13(11)15/h3-5H,2,6-10H2,1H3. The second-order valence-corrected chi connectivity index (χ2v) is 4.42. The van der Waals surface area contributed by atoms with Crippen LogP contribution in [0.1, 0.15) is 12.5 Å². The van der Waals surface area contributed by atoms with Gasteiger partial charge in [-0.2, -0.15) is 0 Å². The van der Waals surface area contributed by atoms with Gasteiger partial charge in [-0.25, -0.2) is 8.78 Å². The minimum absolute atomic E-state index is 0.454. The first-order chi connectivity index (χ1) is 8.20. The van der Waals surface area contributed by atoms with E-state index in [1.807, 2.05) is 0 Å². The van der Waals surface area contributed by atoms with Crippen LogP contribution in [0.4, 0.5) is 8.78 Å². The van der Waals surface area contributed by atoms with Crippen molar-refractivity contribution in [2.75, 3.05) is 32.7 Å². The van der Waals surface area contributed by atoms with E-state index in [4.69, 9.17) is 0 Å². The van der Waals surface area contributed by atoms with Crippen LogP contribution in [-0.2, 0) is 6.54 Å². The molecule has 1 aromatic rings. The number of piperazine rings is 1. The minimum atomic E-state index is -0.755. The predicted molar refractivity (Wildman–Crippen MR) is 63.7 cm³/mol. The fourth-order valence-electron chi connectivity index (χ4n) is 2.18. The van der Waals surface area contributed by atoms with Crippen molar-refractivity contribution < 1.29 is 8.78 Å². The van der Waals surface area contributed by atoms with Crippen LogP contribution in [0.2, 0.25) is 0 Å². The molecule has 2 rings (SSSR count). The molecule has 0 radical (unpaired) electrons. The van der Waals surface area contributed by atoms with E-state index in [1.165, 1.54) is 0 Å². The summed E-state index contributed by atoms with van der Waals surface area (Å²) in [7, 11) is 0. The Labute approximate surface area is 101 Å². The third-order valence-electron chi connectivity index (χ3n) is 3.34. The van der Waals surface area contributed by atoms with Gasteiger partial charge in [-0.05, 0) is 12.6 Å². The van der Waals surface area contributed by atoms with Crippen LogP contribution in [0.25, 0.3) is 0 Å². The number of halogens is 2. The average Bonchev–Trinajstić information content (AvgIpc) is 2.36. The number of likely N-dealkylation sites (N-methyl/N-ethyl adjacent to an activating group) is 1. The molecule has 0 saturated carbocycles. The van der Waals surface area contributed by atoms with Crippen LogP contribution >= 0.6 is 0 Å². The monoisotopic (exact) mass is 240 g/mol. The Morgan fingerprint density at radius 2 is 1.71 bits per heavy atom. The molecule has 2 nitrogen and oxygen atoms in total. The molecule has 0 unspecified atom stereocenters. The number of hydrogen-bond acceptors (Lipinski definition) is 2. The van der Waals surface area contributed by atoms with E-state index in [-0.39, 0.29) is 0 Å². The SMILES string of the molecule is CCN1CCN(Cc2cccc(F)c2F)CC1. The van der Waals surface area contributed by atoms with Gasteiger partial charge >= 0.3 is 0 Å². The summed E-state index contributed by atoms with van der Waals surface area (Å²) in [4.78, 5) is 4.53. The quantitative estimate of drug-likeness (QED) is 0.798. The van der Waals surface area contributed by atoms with Crippen LogP contribution in [0, 0.1) is 11.6 Å². The molecule has 1 saturated heterocycles. The average molecular weight is 240 g/mol. The molecule has 0 aliphatic carbocycles. The largest absolute Gasteiger partial charge is 0.301 e. The summed E-state index contributed by atoms with van der Waals surface area (Å²) in [5, 5.41) is 0. The lowest BCUT2D eigenvalue weighted by Gasteiger charge is -2.34. The summed E-state index contributed by atoms with van der Waals surface area (Å²) >= 11 is 0. The van der Waals surface area contributed by atoms with Crippen molar-refractivity contribution in [2.45, 2.75) is 13.5 Å². The first kappa shape index (κ1) is 12.5. The van der Waals surface area contributed by atoms with Crippen molar-refractivity contribution >= 4 is 0 Å². The second kappa shape index (κ2) is 5.56. The van der Waals surface area contributed by atoms with Crippen molar-refractivity contribution in [1.82, 2.24) is 9.80 Å². The number of hydrogen-bond donors (Lipinski definition) is 0. The van der Waals surface area contributed by atoms with Crippen molar-refractivity contribution in [3.05, 3.63) is 35.4 Å². The summed E-state index contributed by atoms with van der Waals surface area (Å²) < 4.78 is 26.5. The third-order valence-corrected chi connectivity index (χ3v) is 3.34. The van der Waals surface area contributed by atoms with Crippen molar-refractivity contribution in [3.63, 3.8) is 0 Å². The van der Waals surface area contributed by atoms with Crippen LogP contribution in [0.15, 0.2) is 18.2 Å². The Kier molecular flexibility index (Phi) is 4.07. The molecule has 0 amide bonds.